The fourth-order valence-electron chi connectivity index (χ4n) is 3.90. The van der Waals surface area contributed by atoms with Crippen molar-refractivity contribution in [2.24, 2.45) is 5.92 Å². The molecular formula is C25H33ClN4O4. The Hall–Kier alpha value is -2.81. The lowest BCUT2D eigenvalue weighted by molar-refractivity contribution is 0.0150. The molecule has 1 aliphatic heterocycles. The van der Waals surface area contributed by atoms with Gasteiger partial charge in [-0.2, -0.15) is 0 Å². The Morgan fingerprint density at radius 1 is 1.09 bits per heavy atom. The molecule has 3 atom stereocenters. The Kier molecular flexibility index (Phi) is 8.77. The molecule has 0 unspecified atom stereocenters. The third kappa shape index (κ3) is 6.62. The zero-order chi connectivity index (χ0) is 24.8. The normalized spacial score (nSPS) is 22.1. The summed E-state index contributed by atoms with van der Waals surface area (Å²) in [4.78, 5) is 29.7. The highest BCUT2D eigenvalue weighted by atomic mass is 35.5. The van der Waals surface area contributed by atoms with Crippen molar-refractivity contribution < 1.29 is 19.1 Å². The molecule has 2 N–H and O–H groups in total. The molecule has 184 valence electrons. The molecule has 0 spiro atoms. The quantitative estimate of drug-likeness (QED) is 0.668. The van der Waals surface area contributed by atoms with E-state index in [-0.39, 0.29) is 24.0 Å². The fraction of sp³-hybridized carbons (Fsp3) is 0.440. The third-order valence-corrected chi connectivity index (χ3v) is 6.33. The predicted molar refractivity (Wildman–Crippen MR) is 135 cm³/mol. The third-order valence-electron chi connectivity index (χ3n) is 6.10. The van der Waals surface area contributed by atoms with Gasteiger partial charge >= 0.3 is 6.03 Å². The number of anilines is 2. The van der Waals surface area contributed by atoms with Crippen LogP contribution in [0.3, 0.4) is 0 Å². The number of nitrogens with one attached hydrogen (secondary N) is 2. The van der Waals surface area contributed by atoms with Crippen LogP contribution in [0.25, 0.3) is 0 Å². The van der Waals surface area contributed by atoms with Crippen molar-refractivity contribution >= 4 is 34.9 Å². The van der Waals surface area contributed by atoms with Gasteiger partial charge in [0.2, 0.25) is 0 Å². The van der Waals surface area contributed by atoms with E-state index < -0.39 is 6.03 Å². The van der Waals surface area contributed by atoms with Gasteiger partial charge in [0.05, 0.1) is 11.7 Å². The van der Waals surface area contributed by atoms with Crippen LogP contribution in [-0.2, 0) is 4.74 Å². The van der Waals surface area contributed by atoms with Gasteiger partial charge in [-0.05, 0) is 56.3 Å². The van der Waals surface area contributed by atoms with Crippen LogP contribution in [0.15, 0.2) is 42.5 Å². The minimum Gasteiger partial charge on any atom is -0.491 e. The van der Waals surface area contributed by atoms with Crippen LogP contribution in [0.2, 0.25) is 5.02 Å². The van der Waals surface area contributed by atoms with Gasteiger partial charge in [-0.25, -0.2) is 4.79 Å². The standard InChI is InChI=1S/C25H33ClN4O4/c1-16-13-29(3)17(2)15-34-22-10-9-20(12-21(22)24(31)30(4)14-23(16)33-5)28-25(32)27-19-8-6-7-18(26)11-19/h6-12,16-17,23H,13-15H2,1-5H3,(H2,27,28,32)/t16-,17+,23+/m1/s1. The number of carbonyl (C=O) groups is 2. The number of carbonyl (C=O) groups excluding carboxylic acids is 2. The number of amides is 3. The zero-order valence-corrected chi connectivity index (χ0v) is 21.1. The number of halogens is 1. The number of benzene rings is 2. The number of likely N-dealkylation sites (N-methyl/N-ethyl adjacent to an activating group) is 2. The van der Waals surface area contributed by atoms with Crippen LogP contribution in [-0.4, -0.2) is 74.8 Å². The van der Waals surface area contributed by atoms with Crippen LogP contribution in [0.4, 0.5) is 16.2 Å². The molecule has 0 fully saturated rings. The SMILES string of the molecule is CO[C@H]1CN(C)C(=O)c2cc(NC(=O)Nc3cccc(Cl)c3)ccc2OC[C@H](C)N(C)C[C@H]1C. The summed E-state index contributed by atoms with van der Waals surface area (Å²) in [6, 6.07) is 11.6. The van der Waals surface area contributed by atoms with Crippen molar-refractivity contribution in [3.63, 3.8) is 0 Å². The highest BCUT2D eigenvalue weighted by molar-refractivity contribution is 6.30. The molecule has 1 heterocycles. The number of methoxy groups -OCH3 is 1. The van der Waals surface area contributed by atoms with E-state index in [0.29, 0.717) is 40.9 Å². The maximum Gasteiger partial charge on any atom is 0.323 e. The van der Waals surface area contributed by atoms with Crippen molar-refractivity contribution in [2.45, 2.75) is 26.0 Å². The van der Waals surface area contributed by atoms with E-state index in [0.717, 1.165) is 6.54 Å². The first-order valence-electron chi connectivity index (χ1n) is 11.3. The first-order valence-corrected chi connectivity index (χ1v) is 11.6. The van der Waals surface area contributed by atoms with Gasteiger partial charge in [-0.15, -0.1) is 0 Å². The van der Waals surface area contributed by atoms with Crippen molar-refractivity contribution in [2.75, 3.05) is 51.5 Å². The van der Waals surface area contributed by atoms with Gasteiger partial charge in [0, 0.05) is 49.7 Å². The molecule has 1 aliphatic rings. The molecule has 0 aromatic heterocycles. The zero-order valence-electron chi connectivity index (χ0n) is 20.3. The summed E-state index contributed by atoms with van der Waals surface area (Å²) in [5, 5.41) is 6.03. The molecule has 0 saturated heterocycles. The minimum atomic E-state index is -0.444. The summed E-state index contributed by atoms with van der Waals surface area (Å²) < 4.78 is 11.8. The first kappa shape index (κ1) is 25.8. The minimum absolute atomic E-state index is 0.114. The van der Waals surface area contributed by atoms with Gasteiger partial charge < -0.3 is 25.0 Å². The molecular weight excluding hydrogens is 456 g/mol. The van der Waals surface area contributed by atoms with E-state index in [2.05, 4.69) is 36.4 Å². The number of hydrogen-bond acceptors (Lipinski definition) is 5. The van der Waals surface area contributed by atoms with Crippen LogP contribution in [0, 0.1) is 5.92 Å². The smallest absolute Gasteiger partial charge is 0.323 e. The summed E-state index contributed by atoms with van der Waals surface area (Å²) in [5.41, 5.74) is 1.41. The van der Waals surface area contributed by atoms with Crippen LogP contribution in [0.1, 0.15) is 24.2 Å². The largest absolute Gasteiger partial charge is 0.491 e. The second kappa shape index (κ2) is 11.6. The van der Waals surface area contributed by atoms with Gasteiger partial charge in [-0.3, -0.25) is 9.69 Å². The average molecular weight is 489 g/mol. The number of urea groups is 1. The Labute approximate surface area is 206 Å². The molecule has 0 bridgehead atoms. The number of nitrogens with zero attached hydrogens (tertiary/aromatic N) is 2. The maximum atomic E-state index is 13.4. The van der Waals surface area contributed by atoms with E-state index in [9.17, 15) is 9.59 Å². The molecule has 34 heavy (non-hydrogen) atoms. The Morgan fingerprint density at radius 3 is 2.47 bits per heavy atom. The molecule has 9 heteroatoms. The molecule has 3 rings (SSSR count). The topological polar surface area (TPSA) is 83.1 Å². The second-order valence-electron chi connectivity index (χ2n) is 8.84. The van der Waals surface area contributed by atoms with Gasteiger partial charge in [0.1, 0.15) is 12.4 Å². The molecule has 0 saturated carbocycles. The lowest BCUT2D eigenvalue weighted by Gasteiger charge is -2.34. The van der Waals surface area contributed by atoms with Gasteiger partial charge in [-0.1, -0.05) is 24.6 Å². The number of hydrogen-bond donors (Lipinski definition) is 2. The summed E-state index contributed by atoms with van der Waals surface area (Å²) in [6.07, 6.45) is -0.114. The van der Waals surface area contributed by atoms with Crippen molar-refractivity contribution in [3.8, 4) is 5.75 Å². The molecule has 2 aromatic carbocycles. The maximum absolute atomic E-state index is 13.4. The summed E-state index contributed by atoms with van der Waals surface area (Å²) in [5.74, 6) is 0.486. The Morgan fingerprint density at radius 2 is 1.79 bits per heavy atom. The van der Waals surface area contributed by atoms with Gasteiger partial charge in [0.25, 0.3) is 5.91 Å². The summed E-state index contributed by atoms with van der Waals surface area (Å²) in [7, 11) is 5.48. The fourth-order valence-corrected chi connectivity index (χ4v) is 4.09. The van der Waals surface area contributed by atoms with Crippen LogP contribution >= 0.6 is 11.6 Å². The monoisotopic (exact) mass is 488 g/mol. The Bertz CT molecular complexity index is 1020. The number of rotatable bonds is 3. The van der Waals surface area contributed by atoms with Crippen LogP contribution < -0.4 is 15.4 Å². The molecule has 0 aliphatic carbocycles. The van der Waals surface area contributed by atoms with Crippen molar-refractivity contribution in [1.82, 2.24) is 9.80 Å². The summed E-state index contributed by atoms with van der Waals surface area (Å²) in [6.45, 7) is 5.89. The highest BCUT2D eigenvalue weighted by Gasteiger charge is 2.27. The molecule has 8 nitrogen and oxygen atoms in total. The van der Waals surface area contributed by atoms with Crippen molar-refractivity contribution in [3.05, 3.63) is 53.1 Å². The number of fused-ring (bicyclic) bond motifs is 1. The van der Waals surface area contributed by atoms with Crippen LogP contribution in [0.5, 0.6) is 5.75 Å². The van der Waals surface area contributed by atoms with E-state index in [1.54, 1.807) is 61.5 Å². The van der Waals surface area contributed by atoms with E-state index >= 15 is 0 Å². The van der Waals surface area contributed by atoms with E-state index in [1.165, 1.54) is 0 Å². The van der Waals surface area contributed by atoms with Gasteiger partial charge in [0.15, 0.2) is 0 Å². The summed E-state index contributed by atoms with van der Waals surface area (Å²) >= 11 is 5.98. The van der Waals surface area contributed by atoms with E-state index in [1.807, 2.05) is 0 Å². The second-order valence-corrected chi connectivity index (χ2v) is 9.27. The highest BCUT2D eigenvalue weighted by Crippen LogP contribution is 2.26. The lowest BCUT2D eigenvalue weighted by Crippen LogP contribution is -2.45. The molecule has 0 radical (unpaired) electrons. The van der Waals surface area contributed by atoms with Crippen molar-refractivity contribution in [1.29, 1.82) is 0 Å². The van der Waals surface area contributed by atoms with E-state index in [4.69, 9.17) is 21.1 Å². The Balaban J connectivity index is 1.85. The predicted octanol–water partition coefficient (Wildman–Crippen LogP) is 4.42. The average Bonchev–Trinajstić information content (AvgIpc) is 2.79. The lowest BCUT2D eigenvalue weighted by atomic mass is 10.0. The molecule has 2 aromatic rings. The molecule has 3 amide bonds. The first-order chi connectivity index (χ1) is 16.2. The number of ether oxygens (including phenoxy) is 2.